The maximum atomic E-state index is 13.0. The zero-order chi connectivity index (χ0) is 19.1. The van der Waals surface area contributed by atoms with Crippen molar-refractivity contribution in [2.75, 3.05) is 26.2 Å². The summed E-state index contributed by atoms with van der Waals surface area (Å²) in [4.78, 5) is 26.0. The van der Waals surface area contributed by atoms with Gasteiger partial charge >= 0.3 is 6.03 Å². The molecule has 1 aliphatic heterocycles. The Morgan fingerprint density at radius 2 is 1.85 bits per heavy atom. The Bertz CT molecular complexity index is 599. The highest BCUT2D eigenvalue weighted by Gasteiger charge is 2.24. The van der Waals surface area contributed by atoms with Gasteiger partial charge < -0.3 is 20.6 Å². The van der Waals surface area contributed by atoms with Crippen LogP contribution in [0.5, 0.6) is 0 Å². The van der Waals surface area contributed by atoms with Gasteiger partial charge in [-0.1, -0.05) is 26.0 Å². The summed E-state index contributed by atoms with van der Waals surface area (Å²) in [6.07, 6.45) is 1.72. The number of carbonyl (C=O) groups excluding carboxylic acids is 2. The van der Waals surface area contributed by atoms with Crippen LogP contribution in [0.25, 0.3) is 0 Å². The van der Waals surface area contributed by atoms with Gasteiger partial charge in [0, 0.05) is 25.6 Å². The van der Waals surface area contributed by atoms with E-state index >= 15 is 0 Å². The molecule has 144 valence electrons. The molecular formula is C19H28FN3O3. The Labute approximate surface area is 153 Å². The van der Waals surface area contributed by atoms with Gasteiger partial charge in [0.1, 0.15) is 5.82 Å². The molecule has 2 rings (SSSR count). The molecule has 1 aliphatic rings. The average Bonchev–Trinajstić information content (AvgIpc) is 2.65. The van der Waals surface area contributed by atoms with E-state index < -0.39 is 6.04 Å². The third-order valence-electron chi connectivity index (χ3n) is 4.73. The third kappa shape index (κ3) is 5.69. The zero-order valence-electron chi connectivity index (χ0n) is 15.4. The summed E-state index contributed by atoms with van der Waals surface area (Å²) in [6.45, 7) is 5.50. The molecule has 1 atom stereocenters. The van der Waals surface area contributed by atoms with Crippen LogP contribution in [0.1, 0.15) is 38.3 Å². The van der Waals surface area contributed by atoms with Gasteiger partial charge in [-0.05, 0) is 36.5 Å². The van der Waals surface area contributed by atoms with Crippen LogP contribution in [0.3, 0.4) is 0 Å². The highest BCUT2D eigenvalue weighted by atomic mass is 19.1. The topological polar surface area (TPSA) is 81.7 Å². The van der Waals surface area contributed by atoms with Gasteiger partial charge in [-0.2, -0.15) is 0 Å². The number of likely N-dealkylation sites (tertiary alicyclic amines) is 1. The Morgan fingerprint density at radius 3 is 2.38 bits per heavy atom. The van der Waals surface area contributed by atoms with Gasteiger partial charge in [0.2, 0.25) is 5.91 Å². The monoisotopic (exact) mass is 365 g/mol. The molecule has 1 aromatic carbocycles. The molecular weight excluding hydrogens is 337 g/mol. The van der Waals surface area contributed by atoms with Crippen molar-refractivity contribution in [1.82, 2.24) is 15.5 Å². The average molecular weight is 365 g/mol. The number of aliphatic hydroxyl groups is 1. The number of amides is 3. The Kier molecular flexibility index (Phi) is 7.38. The van der Waals surface area contributed by atoms with Crippen molar-refractivity contribution in [3.8, 4) is 0 Å². The molecule has 1 heterocycles. The molecule has 1 unspecified atom stereocenters. The van der Waals surface area contributed by atoms with E-state index in [0.29, 0.717) is 18.0 Å². The number of halogens is 1. The van der Waals surface area contributed by atoms with E-state index in [9.17, 15) is 19.1 Å². The smallest absolute Gasteiger partial charge is 0.315 e. The van der Waals surface area contributed by atoms with Gasteiger partial charge in [-0.15, -0.1) is 0 Å². The number of urea groups is 1. The Hall–Kier alpha value is -2.15. The van der Waals surface area contributed by atoms with Crippen molar-refractivity contribution in [2.24, 2.45) is 11.8 Å². The lowest BCUT2D eigenvalue weighted by Gasteiger charge is -2.33. The highest BCUT2D eigenvalue weighted by Crippen LogP contribution is 2.18. The van der Waals surface area contributed by atoms with Crippen LogP contribution in [0.15, 0.2) is 24.3 Å². The summed E-state index contributed by atoms with van der Waals surface area (Å²) in [5.41, 5.74) is 0.643. The molecule has 1 aromatic rings. The summed E-state index contributed by atoms with van der Waals surface area (Å²) in [7, 11) is 0. The number of hydrogen-bond donors (Lipinski definition) is 3. The fraction of sp³-hybridized carbons (Fsp3) is 0.579. The van der Waals surface area contributed by atoms with Crippen LogP contribution in [0.2, 0.25) is 0 Å². The van der Waals surface area contributed by atoms with E-state index in [1.54, 1.807) is 0 Å². The molecule has 3 amide bonds. The fourth-order valence-electron chi connectivity index (χ4n) is 3.10. The van der Waals surface area contributed by atoms with E-state index in [0.717, 1.165) is 25.9 Å². The normalized spacial score (nSPS) is 16.4. The first-order chi connectivity index (χ1) is 12.4. The van der Waals surface area contributed by atoms with Gasteiger partial charge in [0.25, 0.3) is 0 Å². The Balaban J connectivity index is 1.75. The summed E-state index contributed by atoms with van der Waals surface area (Å²) >= 11 is 0. The maximum Gasteiger partial charge on any atom is 0.315 e. The highest BCUT2D eigenvalue weighted by molar-refractivity contribution is 5.78. The number of carbonyl (C=O) groups is 2. The second-order valence-electron chi connectivity index (χ2n) is 7.06. The van der Waals surface area contributed by atoms with E-state index in [1.807, 2.05) is 18.7 Å². The minimum Gasteiger partial charge on any atom is -0.394 e. The van der Waals surface area contributed by atoms with E-state index in [4.69, 9.17) is 0 Å². The lowest BCUT2D eigenvalue weighted by Crippen LogP contribution is -2.45. The van der Waals surface area contributed by atoms with Gasteiger partial charge in [-0.3, -0.25) is 4.79 Å². The molecule has 3 N–H and O–H groups in total. The van der Waals surface area contributed by atoms with Crippen molar-refractivity contribution in [3.63, 3.8) is 0 Å². The van der Waals surface area contributed by atoms with E-state index in [1.165, 1.54) is 24.3 Å². The van der Waals surface area contributed by atoms with Gasteiger partial charge in [0.05, 0.1) is 12.6 Å². The minimum atomic E-state index is -0.582. The fourth-order valence-corrected chi connectivity index (χ4v) is 3.10. The SMILES string of the molecule is CC(C)C(=O)N1CCC(CNC(=O)NC(CO)c2ccc(F)cc2)CC1. The van der Waals surface area contributed by atoms with Gasteiger partial charge in [0.15, 0.2) is 0 Å². The third-order valence-corrected chi connectivity index (χ3v) is 4.73. The molecule has 1 saturated heterocycles. The van der Waals surface area contributed by atoms with Crippen molar-refractivity contribution in [1.29, 1.82) is 0 Å². The lowest BCUT2D eigenvalue weighted by molar-refractivity contribution is -0.135. The second kappa shape index (κ2) is 9.52. The molecule has 26 heavy (non-hydrogen) atoms. The van der Waals surface area contributed by atoms with Crippen LogP contribution >= 0.6 is 0 Å². The number of nitrogens with zero attached hydrogens (tertiary/aromatic N) is 1. The standard InChI is InChI=1S/C19H28FN3O3/c1-13(2)18(25)23-9-7-14(8-10-23)11-21-19(26)22-17(12-24)15-3-5-16(20)6-4-15/h3-6,13-14,17,24H,7-12H2,1-2H3,(H2,21,22,26). The van der Waals surface area contributed by atoms with Crippen molar-refractivity contribution in [3.05, 3.63) is 35.6 Å². The first kappa shape index (κ1) is 20.2. The molecule has 0 saturated carbocycles. The molecule has 0 bridgehead atoms. The minimum absolute atomic E-state index is 0.0114. The van der Waals surface area contributed by atoms with Crippen LogP contribution in [0.4, 0.5) is 9.18 Å². The molecule has 0 spiro atoms. The molecule has 7 heteroatoms. The largest absolute Gasteiger partial charge is 0.394 e. The summed E-state index contributed by atoms with van der Waals surface area (Å²) in [6, 6.07) is 4.72. The molecule has 0 aromatic heterocycles. The summed E-state index contributed by atoms with van der Waals surface area (Å²) in [5.74, 6) is 0.157. The zero-order valence-corrected chi connectivity index (χ0v) is 15.4. The van der Waals surface area contributed by atoms with Crippen molar-refractivity contribution in [2.45, 2.75) is 32.7 Å². The summed E-state index contributed by atoms with van der Waals surface area (Å²) < 4.78 is 13.0. The van der Waals surface area contributed by atoms with Crippen molar-refractivity contribution < 1.29 is 19.1 Å². The van der Waals surface area contributed by atoms with Crippen LogP contribution in [-0.4, -0.2) is 48.2 Å². The van der Waals surface area contributed by atoms with Crippen LogP contribution < -0.4 is 10.6 Å². The molecule has 6 nitrogen and oxygen atoms in total. The number of nitrogens with one attached hydrogen (secondary N) is 2. The Morgan fingerprint density at radius 1 is 1.23 bits per heavy atom. The second-order valence-corrected chi connectivity index (χ2v) is 7.06. The van der Waals surface area contributed by atoms with Gasteiger partial charge in [-0.25, -0.2) is 9.18 Å². The van der Waals surface area contributed by atoms with Crippen LogP contribution in [0, 0.1) is 17.7 Å². The van der Waals surface area contributed by atoms with E-state index in [-0.39, 0.29) is 30.3 Å². The molecule has 1 fully saturated rings. The molecule has 0 aliphatic carbocycles. The van der Waals surface area contributed by atoms with E-state index in [2.05, 4.69) is 10.6 Å². The van der Waals surface area contributed by atoms with Crippen LogP contribution in [-0.2, 0) is 4.79 Å². The van der Waals surface area contributed by atoms with Crippen molar-refractivity contribution >= 4 is 11.9 Å². The quantitative estimate of drug-likeness (QED) is 0.722. The maximum absolute atomic E-state index is 13.0. The number of hydrogen-bond acceptors (Lipinski definition) is 3. The number of aliphatic hydroxyl groups excluding tert-OH is 1. The first-order valence-electron chi connectivity index (χ1n) is 9.10. The summed E-state index contributed by atoms with van der Waals surface area (Å²) in [5, 5.41) is 15.0. The number of benzene rings is 1. The number of rotatable bonds is 6. The molecule has 0 radical (unpaired) electrons. The lowest BCUT2D eigenvalue weighted by atomic mass is 9.96. The predicted octanol–water partition coefficient (Wildman–Crippen LogP) is 2.05. The number of piperidine rings is 1. The predicted molar refractivity (Wildman–Crippen MR) is 96.9 cm³/mol. The first-order valence-corrected chi connectivity index (χ1v) is 9.10.